The van der Waals surface area contributed by atoms with Crippen molar-refractivity contribution < 1.29 is 14.6 Å². The molecule has 0 saturated carbocycles. The molecule has 1 amide bonds. The molecule has 0 aromatic heterocycles. The number of carbonyl (C=O) groups excluding carboxylic acids is 1. The molecule has 1 heterocycles. The van der Waals surface area contributed by atoms with Gasteiger partial charge in [-0.15, -0.1) is 0 Å². The Balaban J connectivity index is 2.36. The summed E-state index contributed by atoms with van der Waals surface area (Å²) in [6.07, 6.45) is 0.470. The molecule has 1 aromatic carbocycles. The van der Waals surface area contributed by atoms with E-state index in [0.717, 1.165) is 12.0 Å². The molecule has 1 N–H and O–H groups in total. The minimum atomic E-state index is -0.537. The number of phenolic OH excluding ortho intramolecular Hbond substituents is 1. The van der Waals surface area contributed by atoms with Crippen molar-refractivity contribution >= 4 is 11.8 Å². The average Bonchev–Trinajstić information content (AvgIpc) is 2.28. The fourth-order valence-electron chi connectivity index (χ4n) is 2.33. The summed E-state index contributed by atoms with van der Waals surface area (Å²) in [6.45, 7) is 8.18. The molecule has 104 valence electrons. The number of amides is 1. The van der Waals surface area contributed by atoms with Crippen LogP contribution in [0.3, 0.4) is 0 Å². The lowest BCUT2D eigenvalue weighted by molar-refractivity contribution is 0.0576. The van der Waals surface area contributed by atoms with E-state index >= 15 is 0 Å². The largest absolute Gasteiger partial charge is 0.506 e. The minimum absolute atomic E-state index is 0.134. The second kappa shape index (κ2) is 4.76. The summed E-state index contributed by atoms with van der Waals surface area (Å²) in [5.41, 5.74) is 1.05. The van der Waals surface area contributed by atoms with Crippen molar-refractivity contribution in [3.05, 3.63) is 23.8 Å². The van der Waals surface area contributed by atoms with E-state index in [1.165, 1.54) is 4.90 Å². The van der Waals surface area contributed by atoms with Gasteiger partial charge in [0.25, 0.3) is 0 Å². The van der Waals surface area contributed by atoms with Crippen LogP contribution in [0.2, 0.25) is 0 Å². The highest BCUT2D eigenvalue weighted by Crippen LogP contribution is 2.41. The lowest BCUT2D eigenvalue weighted by Crippen LogP contribution is -2.40. The number of carbonyl (C=O) groups is 1. The molecule has 0 bridgehead atoms. The maximum Gasteiger partial charge on any atom is 0.414 e. The van der Waals surface area contributed by atoms with Crippen LogP contribution in [0.4, 0.5) is 10.5 Å². The fraction of sp³-hybridized carbons (Fsp3) is 0.533. The van der Waals surface area contributed by atoms with Crippen molar-refractivity contribution in [1.82, 2.24) is 0 Å². The Morgan fingerprint density at radius 1 is 1.42 bits per heavy atom. The van der Waals surface area contributed by atoms with Crippen molar-refractivity contribution in [2.75, 3.05) is 11.4 Å². The summed E-state index contributed by atoms with van der Waals surface area (Å²) in [6, 6.07) is 5.37. The quantitative estimate of drug-likeness (QED) is 0.777. The van der Waals surface area contributed by atoms with Gasteiger partial charge < -0.3 is 9.84 Å². The summed E-state index contributed by atoms with van der Waals surface area (Å²) >= 11 is 0. The van der Waals surface area contributed by atoms with Gasteiger partial charge in [0.05, 0.1) is 5.69 Å². The first-order chi connectivity index (χ1) is 8.79. The van der Waals surface area contributed by atoms with Gasteiger partial charge in [-0.25, -0.2) is 4.79 Å². The SMILES string of the molecule is CC1CCN(C(=O)OC(C)(C)C)c2c(O)cccc21. The summed E-state index contributed by atoms with van der Waals surface area (Å²) in [5.74, 6) is 0.468. The Hall–Kier alpha value is -1.71. The highest BCUT2D eigenvalue weighted by atomic mass is 16.6. The van der Waals surface area contributed by atoms with E-state index in [4.69, 9.17) is 4.74 Å². The molecule has 1 unspecified atom stereocenters. The van der Waals surface area contributed by atoms with E-state index in [9.17, 15) is 9.90 Å². The first-order valence-corrected chi connectivity index (χ1v) is 6.62. The monoisotopic (exact) mass is 263 g/mol. The second-order valence-electron chi connectivity index (χ2n) is 6.04. The van der Waals surface area contributed by atoms with Crippen LogP contribution in [-0.4, -0.2) is 23.3 Å². The summed E-state index contributed by atoms with van der Waals surface area (Å²) in [7, 11) is 0. The molecule has 1 aliphatic heterocycles. The number of benzene rings is 1. The number of hydrogen-bond donors (Lipinski definition) is 1. The molecular weight excluding hydrogens is 242 g/mol. The Morgan fingerprint density at radius 2 is 2.11 bits per heavy atom. The van der Waals surface area contributed by atoms with Crippen molar-refractivity contribution in [3.63, 3.8) is 0 Å². The maximum atomic E-state index is 12.2. The summed E-state index contributed by atoms with van der Waals surface area (Å²) in [4.78, 5) is 13.8. The Morgan fingerprint density at radius 3 is 2.74 bits per heavy atom. The molecule has 0 aliphatic carbocycles. The van der Waals surface area contributed by atoms with Gasteiger partial charge in [0, 0.05) is 6.54 Å². The lowest BCUT2D eigenvalue weighted by Gasteiger charge is -2.34. The number of para-hydroxylation sites is 1. The number of nitrogens with zero attached hydrogens (tertiary/aromatic N) is 1. The fourth-order valence-corrected chi connectivity index (χ4v) is 2.33. The van der Waals surface area contributed by atoms with Crippen LogP contribution in [0.25, 0.3) is 0 Å². The van der Waals surface area contributed by atoms with E-state index in [2.05, 4.69) is 6.92 Å². The van der Waals surface area contributed by atoms with Gasteiger partial charge in [-0.1, -0.05) is 19.1 Å². The van der Waals surface area contributed by atoms with E-state index in [1.54, 1.807) is 6.07 Å². The van der Waals surface area contributed by atoms with Crippen molar-refractivity contribution in [2.24, 2.45) is 0 Å². The standard InChI is InChI=1S/C15H21NO3/c1-10-8-9-16(14(18)19-15(2,3)4)13-11(10)6-5-7-12(13)17/h5-7,10,17H,8-9H2,1-4H3. The van der Waals surface area contributed by atoms with Crippen LogP contribution < -0.4 is 4.90 Å². The Labute approximate surface area is 114 Å². The van der Waals surface area contributed by atoms with Crippen molar-refractivity contribution in [2.45, 2.75) is 45.6 Å². The molecule has 0 fully saturated rings. The third-order valence-corrected chi connectivity index (χ3v) is 3.25. The number of ether oxygens (including phenoxy) is 1. The molecular formula is C15H21NO3. The molecule has 4 nitrogen and oxygen atoms in total. The molecule has 0 radical (unpaired) electrons. The van der Waals surface area contributed by atoms with Crippen LogP contribution in [0.5, 0.6) is 5.75 Å². The zero-order valence-corrected chi connectivity index (χ0v) is 11.9. The zero-order chi connectivity index (χ0) is 14.2. The highest BCUT2D eigenvalue weighted by Gasteiger charge is 2.31. The van der Waals surface area contributed by atoms with Crippen molar-refractivity contribution in [1.29, 1.82) is 0 Å². The van der Waals surface area contributed by atoms with Gasteiger partial charge in [0.15, 0.2) is 0 Å². The first kappa shape index (κ1) is 13.7. The smallest absolute Gasteiger partial charge is 0.414 e. The summed E-state index contributed by atoms with van der Waals surface area (Å²) in [5, 5.41) is 10.0. The van der Waals surface area contributed by atoms with E-state index < -0.39 is 11.7 Å². The third-order valence-electron chi connectivity index (χ3n) is 3.25. The predicted molar refractivity (Wildman–Crippen MR) is 74.7 cm³/mol. The van der Waals surface area contributed by atoms with Crippen LogP contribution in [-0.2, 0) is 4.74 Å². The number of phenols is 1. The van der Waals surface area contributed by atoms with Gasteiger partial charge in [-0.3, -0.25) is 4.90 Å². The zero-order valence-electron chi connectivity index (χ0n) is 11.9. The number of anilines is 1. The molecule has 0 spiro atoms. The van der Waals surface area contributed by atoms with E-state index in [-0.39, 0.29) is 5.75 Å². The van der Waals surface area contributed by atoms with Gasteiger partial charge in [0.2, 0.25) is 0 Å². The van der Waals surface area contributed by atoms with Crippen LogP contribution in [0.15, 0.2) is 18.2 Å². The molecule has 4 heteroatoms. The normalized spacial score (nSPS) is 18.9. The molecule has 1 aromatic rings. The number of aromatic hydroxyl groups is 1. The molecule has 19 heavy (non-hydrogen) atoms. The average molecular weight is 263 g/mol. The van der Waals surface area contributed by atoms with Crippen molar-refractivity contribution in [3.8, 4) is 5.75 Å². The van der Waals surface area contributed by atoms with Gasteiger partial charge in [-0.2, -0.15) is 0 Å². The van der Waals surface area contributed by atoms with Gasteiger partial charge >= 0.3 is 6.09 Å². The van der Waals surface area contributed by atoms with Crippen LogP contribution in [0, 0.1) is 0 Å². The topological polar surface area (TPSA) is 49.8 Å². The minimum Gasteiger partial charge on any atom is -0.506 e. The molecule has 1 aliphatic rings. The molecule has 1 atom stereocenters. The second-order valence-corrected chi connectivity index (χ2v) is 6.04. The predicted octanol–water partition coefficient (Wildman–Crippen LogP) is 3.64. The third kappa shape index (κ3) is 2.83. The number of fused-ring (bicyclic) bond motifs is 1. The van der Waals surface area contributed by atoms with E-state index in [1.807, 2.05) is 32.9 Å². The molecule has 0 saturated heterocycles. The van der Waals surface area contributed by atoms with Crippen LogP contribution in [0.1, 0.15) is 45.6 Å². The number of hydrogen-bond acceptors (Lipinski definition) is 3. The van der Waals surface area contributed by atoms with E-state index in [0.29, 0.717) is 18.2 Å². The van der Waals surface area contributed by atoms with Gasteiger partial charge in [0.1, 0.15) is 11.4 Å². The summed E-state index contributed by atoms with van der Waals surface area (Å²) < 4.78 is 5.40. The van der Waals surface area contributed by atoms with Crippen LogP contribution >= 0.6 is 0 Å². The maximum absolute atomic E-state index is 12.2. The molecule has 2 rings (SSSR count). The first-order valence-electron chi connectivity index (χ1n) is 6.62. The lowest BCUT2D eigenvalue weighted by atomic mass is 9.91. The Kier molecular flexibility index (Phi) is 3.43. The Bertz CT molecular complexity index is 491. The number of rotatable bonds is 0. The highest BCUT2D eigenvalue weighted by molar-refractivity contribution is 5.91. The van der Waals surface area contributed by atoms with Gasteiger partial charge in [-0.05, 0) is 44.7 Å².